The third-order valence-electron chi connectivity index (χ3n) is 4.93. The summed E-state index contributed by atoms with van der Waals surface area (Å²) >= 11 is 0. The second kappa shape index (κ2) is 9.73. The highest BCUT2D eigenvalue weighted by molar-refractivity contribution is 5.81. The van der Waals surface area contributed by atoms with Crippen LogP contribution < -0.4 is 5.32 Å². The van der Waals surface area contributed by atoms with E-state index in [0.717, 1.165) is 22.3 Å². The number of carbonyl (C=O) groups is 3. The van der Waals surface area contributed by atoms with Crippen LogP contribution in [0.1, 0.15) is 29.9 Å². The number of hydrogen-bond acceptors (Lipinski definition) is 5. The molecule has 1 unspecified atom stereocenters. The molecule has 0 saturated heterocycles. The lowest BCUT2D eigenvalue weighted by atomic mass is 9.98. The Balaban J connectivity index is 1.59. The Labute approximate surface area is 174 Å². The van der Waals surface area contributed by atoms with Crippen molar-refractivity contribution in [2.45, 2.75) is 24.8 Å². The Morgan fingerprint density at radius 3 is 2.20 bits per heavy atom. The standard InChI is InChI=1S/C23H23NO6/c1-2-13-29-21(25)12-11-20(22(26)27)24-23(28)30-14-19-17-9-5-3-7-15(17)16-8-4-6-10-18(16)19/h2-10,19-20H,1,11-14H2,(H,24,28)(H,26,27). The fraction of sp³-hybridized carbons (Fsp3) is 0.261. The Morgan fingerprint density at radius 1 is 1.03 bits per heavy atom. The summed E-state index contributed by atoms with van der Waals surface area (Å²) in [4.78, 5) is 35.2. The highest BCUT2D eigenvalue weighted by Gasteiger charge is 2.29. The van der Waals surface area contributed by atoms with Crippen molar-refractivity contribution in [3.8, 4) is 11.1 Å². The molecule has 2 aromatic rings. The molecule has 0 aliphatic heterocycles. The summed E-state index contributed by atoms with van der Waals surface area (Å²) in [7, 11) is 0. The van der Waals surface area contributed by atoms with Gasteiger partial charge in [0.05, 0.1) is 0 Å². The van der Waals surface area contributed by atoms with Gasteiger partial charge in [0.15, 0.2) is 0 Å². The van der Waals surface area contributed by atoms with Gasteiger partial charge < -0.3 is 19.9 Å². The van der Waals surface area contributed by atoms with E-state index in [-0.39, 0.29) is 32.0 Å². The summed E-state index contributed by atoms with van der Waals surface area (Å²) in [6, 6.07) is 14.6. The molecule has 156 valence electrons. The summed E-state index contributed by atoms with van der Waals surface area (Å²) in [5, 5.41) is 11.6. The SMILES string of the molecule is C=CCOC(=O)CCC(NC(=O)OCC1c2ccccc2-c2ccccc21)C(=O)O. The van der Waals surface area contributed by atoms with Gasteiger partial charge in [0.1, 0.15) is 19.3 Å². The topological polar surface area (TPSA) is 102 Å². The number of alkyl carbamates (subject to hydrolysis) is 1. The molecule has 3 rings (SSSR count). The lowest BCUT2D eigenvalue weighted by molar-refractivity contribution is -0.143. The number of aliphatic carboxylic acids is 1. The van der Waals surface area contributed by atoms with Crippen LogP contribution in [-0.4, -0.2) is 42.4 Å². The van der Waals surface area contributed by atoms with Crippen LogP contribution in [0.25, 0.3) is 11.1 Å². The van der Waals surface area contributed by atoms with Crippen molar-refractivity contribution < 1.29 is 29.0 Å². The van der Waals surface area contributed by atoms with Crippen LogP contribution in [0, 0.1) is 0 Å². The van der Waals surface area contributed by atoms with Gasteiger partial charge in [0.2, 0.25) is 0 Å². The Morgan fingerprint density at radius 2 is 1.63 bits per heavy atom. The first-order valence-electron chi connectivity index (χ1n) is 9.62. The second-order valence-electron chi connectivity index (χ2n) is 6.87. The van der Waals surface area contributed by atoms with Crippen molar-refractivity contribution in [1.82, 2.24) is 5.32 Å². The summed E-state index contributed by atoms with van der Waals surface area (Å²) < 4.78 is 10.2. The lowest BCUT2D eigenvalue weighted by Crippen LogP contribution is -2.41. The van der Waals surface area contributed by atoms with Crippen LogP contribution >= 0.6 is 0 Å². The Bertz CT molecular complexity index is 909. The Kier molecular flexibility index (Phi) is 6.85. The molecule has 0 saturated carbocycles. The van der Waals surface area contributed by atoms with Crippen LogP contribution in [-0.2, 0) is 19.1 Å². The number of carbonyl (C=O) groups excluding carboxylic acids is 2. The van der Waals surface area contributed by atoms with E-state index < -0.39 is 24.1 Å². The number of rotatable bonds is 9. The normalized spacial score (nSPS) is 12.9. The van der Waals surface area contributed by atoms with Gasteiger partial charge >= 0.3 is 18.0 Å². The third-order valence-corrected chi connectivity index (χ3v) is 4.93. The molecule has 0 fully saturated rings. The van der Waals surface area contributed by atoms with Gasteiger partial charge in [-0.3, -0.25) is 4.79 Å². The molecule has 2 aromatic carbocycles. The number of nitrogens with one attached hydrogen (secondary N) is 1. The van der Waals surface area contributed by atoms with E-state index in [4.69, 9.17) is 9.47 Å². The summed E-state index contributed by atoms with van der Waals surface area (Å²) in [6.45, 7) is 3.56. The molecule has 1 aliphatic rings. The zero-order valence-corrected chi connectivity index (χ0v) is 16.4. The van der Waals surface area contributed by atoms with Crippen LogP contribution in [0.4, 0.5) is 4.79 Å². The first kappa shape index (κ1) is 21.1. The van der Waals surface area contributed by atoms with Crippen LogP contribution in [0.3, 0.4) is 0 Å². The summed E-state index contributed by atoms with van der Waals surface area (Å²) in [5.41, 5.74) is 4.32. The van der Waals surface area contributed by atoms with Gasteiger partial charge in [0.25, 0.3) is 0 Å². The molecular formula is C23H23NO6. The van der Waals surface area contributed by atoms with E-state index in [9.17, 15) is 19.5 Å². The maximum Gasteiger partial charge on any atom is 0.407 e. The molecule has 0 heterocycles. The van der Waals surface area contributed by atoms with E-state index in [1.165, 1.54) is 6.08 Å². The van der Waals surface area contributed by atoms with Crippen molar-refractivity contribution in [1.29, 1.82) is 0 Å². The highest BCUT2D eigenvalue weighted by Crippen LogP contribution is 2.44. The van der Waals surface area contributed by atoms with Crippen molar-refractivity contribution in [3.05, 3.63) is 72.3 Å². The maximum absolute atomic E-state index is 12.2. The zero-order valence-electron chi connectivity index (χ0n) is 16.4. The average Bonchev–Trinajstić information content (AvgIpc) is 3.07. The van der Waals surface area contributed by atoms with Crippen molar-refractivity contribution in [3.63, 3.8) is 0 Å². The minimum atomic E-state index is -1.25. The van der Waals surface area contributed by atoms with Gasteiger partial charge in [0, 0.05) is 12.3 Å². The predicted molar refractivity (Wildman–Crippen MR) is 110 cm³/mol. The Hall–Kier alpha value is -3.61. The smallest absolute Gasteiger partial charge is 0.407 e. The molecule has 7 nitrogen and oxygen atoms in total. The number of hydrogen-bond donors (Lipinski definition) is 2. The maximum atomic E-state index is 12.2. The number of carboxylic acid groups (broad SMARTS) is 1. The number of benzene rings is 2. The second-order valence-corrected chi connectivity index (χ2v) is 6.87. The molecule has 1 aliphatic carbocycles. The lowest BCUT2D eigenvalue weighted by Gasteiger charge is -2.17. The van der Waals surface area contributed by atoms with Crippen LogP contribution in [0.2, 0.25) is 0 Å². The molecule has 1 atom stereocenters. The van der Waals surface area contributed by atoms with Gasteiger partial charge in [-0.15, -0.1) is 0 Å². The fourth-order valence-electron chi connectivity index (χ4n) is 3.53. The predicted octanol–water partition coefficient (Wildman–Crippen LogP) is 3.49. The number of fused-ring (bicyclic) bond motifs is 3. The number of ether oxygens (including phenoxy) is 2. The third kappa shape index (κ3) is 4.86. The number of amides is 1. The first-order chi connectivity index (χ1) is 14.5. The molecule has 0 aromatic heterocycles. The largest absolute Gasteiger partial charge is 0.480 e. The van der Waals surface area contributed by atoms with E-state index in [0.29, 0.717) is 0 Å². The van der Waals surface area contributed by atoms with Gasteiger partial charge in [-0.2, -0.15) is 0 Å². The average molecular weight is 409 g/mol. The van der Waals surface area contributed by atoms with E-state index in [1.807, 2.05) is 48.5 Å². The number of esters is 1. The van der Waals surface area contributed by atoms with Gasteiger partial charge in [-0.05, 0) is 28.7 Å². The minimum absolute atomic E-state index is 0.0520. The van der Waals surface area contributed by atoms with Crippen LogP contribution in [0.5, 0.6) is 0 Å². The van der Waals surface area contributed by atoms with E-state index in [1.54, 1.807) is 0 Å². The molecule has 2 N–H and O–H groups in total. The zero-order chi connectivity index (χ0) is 21.5. The fourth-order valence-corrected chi connectivity index (χ4v) is 3.53. The molecule has 0 radical (unpaired) electrons. The van der Waals surface area contributed by atoms with Crippen molar-refractivity contribution in [2.75, 3.05) is 13.2 Å². The monoisotopic (exact) mass is 409 g/mol. The highest BCUT2D eigenvalue weighted by atomic mass is 16.5. The molecule has 0 bridgehead atoms. The van der Waals surface area contributed by atoms with E-state index >= 15 is 0 Å². The molecule has 1 amide bonds. The summed E-state index contributed by atoms with van der Waals surface area (Å²) in [6.07, 6.45) is 0.328. The first-order valence-corrected chi connectivity index (χ1v) is 9.62. The number of carboxylic acids is 1. The molecule has 30 heavy (non-hydrogen) atoms. The molecule has 7 heteroatoms. The molecule has 0 spiro atoms. The quantitative estimate of drug-likeness (QED) is 0.486. The summed E-state index contributed by atoms with van der Waals surface area (Å²) in [5.74, 6) is -1.93. The van der Waals surface area contributed by atoms with Gasteiger partial charge in [-0.1, -0.05) is 61.2 Å². The van der Waals surface area contributed by atoms with Crippen molar-refractivity contribution in [2.24, 2.45) is 0 Å². The molecular weight excluding hydrogens is 386 g/mol. The van der Waals surface area contributed by atoms with Crippen LogP contribution in [0.15, 0.2) is 61.2 Å². The minimum Gasteiger partial charge on any atom is -0.480 e. The van der Waals surface area contributed by atoms with Gasteiger partial charge in [-0.25, -0.2) is 9.59 Å². The van der Waals surface area contributed by atoms with Crippen molar-refractivity contribution >= 4 is 18.0 Å². The van der Waals surface area contributed by atoms with E-state index in [2.05, 4.69) is 11.9 Å².